The van der Waals surface area contributed by atoms with Crippen LogP contribution in [0.1, 0.15) is 70.1 Å². The minimum atomic E-state index is -0.629. The van der Waals surface area contributed by atoms with E-state index in [4.69, 9.17) is 26.0 Å². The number of carbonyl (C=O) groups excluding carboxylic acids is 3. The molecule has 0 saturated carbocycles. The maximum absolute atomic E-state index is 14.2. The lowest BCUT2D eigenvalue weighted by Crippen LogP contribution is -2.40. The fourth-order valence-electron chi connectivity index (χ4n) is 8.04. The van der Waals surface area contributed by atoms with Crippen LogP contribution in [0.3, 0.4) is 0 Å². The Hall–Kier alpha value is -7.86. The highest BCUT2D eigenvalue weighted by Gasteiger charge is 2.31. The van der Waals surface area contributed by atoms with Crippen LogP contribution in [0.5, 0.6) is 5.88 Å². The summed E-state index contributed by atoms with van der Waals surface area (Å²) in [5.74, 6) is -0.0773. The number of benzene rings is 4. The van der Waals surface area contributed by atoms with E-state index in [0.29, 0.717) is 80.4 Å². The summed E-state index contributed by atoms with van der Waals surface area (Å²) in [6, 6.07) is 30.8. The number of nitrogens with zero attached hydrogens (tertiary/aromatic N) is 7. The number of para-hydroxylation sites is 1. The zero-order chi connectivity index (χ0) is 48.5. The minimum absolute atomic E-state index is 0.00864. The number of imidazole rings is 1. The van der Waals surface area contributed by atoms with E-state index < -0.39 is 11.0 Å². The van der Waals surface area contributed by atoms with Crippen LogP contribution in [0.25, 0.3) is 33.7 Å². The third kappa shape index (κ3) is 11.8. The Morgan fingerprint density at radius 3 is 2.35 bits per heavy atom. The molecule has 0 saturated heterocycles. The number of ether oxygens (including phenoxy) is 2. The number of anilines is 4. The first kappa shape index (κ1) is 47.6. The third-order valence-corrected chi connectivity index (χ3v) is 12.2. The summed E-state index contributed by atoms with van der Waals surface area (Å²) in [6.45, 7) is 10.8. The van der Waals surface area contributed by atoms with Crippen LogP contribution in [0.2, 0.25) is 0 Å². The number of nitrogen functional groups attached to an aromatic ring is 2. The first-order chi connectivity index (χ1) is 33.2. The molecule has 0 spiro atoms. The van der Waals surface area contributed by atoms with Crippen LogP contribution >= 0.6 is 0 Å². The minimum Gasteiger partial charge on any atom is -0.471 e. The maximum Gasteiger partial charge on any atom is 0.247 e. The van der Waals surface area contributed by atoms with Crippen molar-refractivity contribution in [2.45, 2.75) is 85.2 Å². The summed E-state index contributed by atoms with van der Waals surface area (Å²) < 4.78 is 14.2. The Balaban J connectivity index is 0.846. The molecule has 0 radical (unpaired) electrons. The summed E-state index contributed by atoms with van der Waals surface area (Å²) >= 11 is 0. The van der Waals surface area contributed by atoms with Gasteiger partial charge in [-0.15, -0.1) is 5.10 Å². The summed E-state index contributed by atoms with van der Waals surface area (Å²) in [4.78, 5) is 57.5. The SMILES string of the molecule is CC(C)(CCn1nnc2c1-c1ccccc1CN(C(=O)CCC(=O)NCc1ccc(COc3nc(N)nc4[nH]cnc34)cc1)c1ccccc1-2)OCCC(C)(C)C(=O)NCCNc1ccc(N)cc1. The molecule has 1 aliphatic heterocycles. The molecule has 69 heavy (non-hydrogen) atoms. The van der Waals surface area contributed by atoms with E-state index in [0.717, 1.165) is 39.2 Å². The van der Waals surface area contributed by atoms with E-state index in [1.54, 1.807) is 4.90 Å². The van der Waals surface area contributed by atoms with Crippen molar-refractivity contribution in [3.8, 4) is 28.4 Å². The van der Waals surface area contributed by atoms with Crippen LogP contribution in [0, 0.1) is 5.41 Å². The average molecular weight is 934 g/mol. The second kappa shape index (κ2) is 21.0. The summed E-state index contributed by atoms with van der Waals surface area (Å²) in [7, 11) is 0. The van der Waals surface area contributed by atoms with Crippen LogP contribution in [-0.4, -0.2) is 77.9 Å². The van der Waals surface area contributed by atoms with Crippen molar-refractivity contribution in [3.05, 3.63) is 120 Å². The molecule has 0 aliphatic carbocycles. The number of aryl methyl sites for hydroxylation is 1. The van der Waals surface area contributed by atoms with Gasteiger partial charge in [0.15, 0.2) is 11.2 Å². The normalized spacial score (nSPS) is 12.3. The van der Waals surface area contributed by atoms with Gasteiger partial charge in [0.2, 0.25) is 29.5 Å². The van der Waals surface area contributed by atoms with Crippen molar-refractivity contribution < 1.29 is 23.9 Å². The number of hydrogen-bond donors (Lipinski definition) is 6. The molecule has 3 aromatic heterocycles. The number of hydrogen-bond acceptors (Lipinski definition) is 13. The van der Waals surface area contributed by atoms with E-state index in [1.807, 2.05) is 129 Å². The molecule has 18 heteroatoms. The number of amides is 3. The van der Waals surface area contributed by atoms with Gasteiger partial charge in [-0.25, -0.2) is 9.67 Å². The number of aromatic nitrogens is 7. The van der Waals surface area contributed by atoms with E-state index in [1.165, 1.54) is 6.33 Å². The van der Waals surface area contributed by atoms with Gasteiger partial charge >= 0.3 is 0 Å². The number of nitrogens with two attached hydrogens (primary N) is 2. The lowest BCUT2D eigenvalue weighted by molar-refractivity contribution is -0.131. The number of carbonyl (C=O) groups is 3. The van der Waals surface area contributed by atoms with E-state index >= 15 is 0 Å². The highest BCUT2D eigenvalue weighted by molar-refractivity contribution is 6.01. The predicted molar refractivity (Wildman–Crippen MR) is 265 cm³/mol. The molecule has 0 atom stereocenters. The molecule has 1 aliphatic rings. The molecule has 8 N–H and O–H groups in total. The topological polar surface area (TPSA) is 246 Å². The third-order valence-electron chi connectivity index (χ3n) is 12.2. The maximum atomic E-state index is 14.2. The van der Waals surface area contributed by atoms with E-state index in [2.05, 4.69) is 41.1 Å². The number of aromatic amines is 1. The van der Waals surface area contributed by atoms with Crippen LogP contribution in [-0.2, 0) is 45.4 Å². The van der Waals surface area contributed by atoms with E-state index in [-0.39, 0.29) is 49.0 Å². The second-order valence-corrected chi connectivity index (χ2v) is 18.3. The Bertz CT molecular complexity index is 2910. The van der Waals surface area contributed by atoms with Gasteiger partial charge in [-0.2, -0.15) is 9.97 Å². The zero-order valence-corrected chi connectivity index (χ0v) is 39.4. The molecule has 0 bridgehead atoms. The largest absolute Gasteiger partial charge is 0.471 e. The molecule has 0 fully saturated rings. The van der Waals surface area contributed by atoms with Crippen molar-refractivity contribution in [1.82, 2.24) is 45.6 Å². The summed E-state index contributed by atoms with van der Waals surface area (Å²) in [5.41, 5.74) is 19.7. The van der Waals surface area contributed by atoms with Gasteiger partial charge in [0.1, 0.15) is 12.3 Å². The van der Waals surface area contributed by atoms with Gasteiger partial charge < -0.3 is 46.8 Å². The second-order valence-electron chi connectivity index (χ2n) is 18.3. The summed E-state index contributed by atoms with van der Waals surface area (Å²) in [6.07, 6.45) is 2.70. The molecule has 7 aromatic rings. The van der Waals surface area contributed by atoms with Crippen LogP contribution < -0.4 is 37.1 Å². The first-order valence-corrected chi connectivity index (χ1v) is 23.1. The molecule has 18 nitrogen and oxygen atoms in total. The number of nitrogens with one attached hydrogen (secondary N) is 4. The Morgan fingerprint density at radius 1 is 0.812 bits per heavy atom. The molecule has 3 amide bonds. The zero-order valence-electron chi connectivity index (χ0n) is 39.4. The van der Waals surface area contributed by atoms with Crippen molar-refractivity contribution in [2.24, 2.45) is 5.41 Å². The standard InChI is InChI=1S/C51H59N13O5/c1-50(2,48(67)55-26-25-54-37-19-17-36(52)18-20-37)24-28-69-51(3,4)23-27-64-45-38-10-6-5-9-35(38)30-63(40-12-8-7-11-39(40)43(45)61-62-64)42(66)22-21-41(65)56-29-33-13-15-34(16-14-33)31-68-47-44-46(58-32-57-44)59-49(53)60-47/h5-20,32,54H,21-31,52H2,1-4H3,(H,55,67)(H,56,65)(H3,53,57,58,59,60). The highest BCUT2D eigenvalue weighted by atomic mass is 16.5. The van der Waals surface area contributed by atoms with Crippen molar-refractivity contribution in [3.63, 3.8) is 0 Å². The number of rotatable bonds is 20. The van der Waals surface area contributed by atoms with Gasteiger partial charge in [0.25, 0.3) is 0 Å². The number of H-pyrrole nitrogens is 1. The lowest BCUT2D eigenvalue weighted by Gasteiger charge is -2.30. The molecular weight excluding hydrogens is 875 g/mol. The van der Waals surface area contributed by atoms with Gasteiger partial charge in [-0.05, 0) is 73.7 Å². The first-order valence-electron chi connectivity index (χ1n) is 23.1. The monoisotopic (exact) mass is 933 g/mol. The average Bonchev–Trinajstić information content (AvgIpc) is 3.99. The van der Waals surface area contributed by atoms with Crippen LogP contribution in [0.4, 0.5) is 23.0 Å². The Labute approximate surface area is 400 Å². The lowest BCUT2D eigenvalue weighted by atomic mass is 9.88. The Kier molecular flexibility index (Phi) is 14.5. The van der Waals surface area contributed by atoms with Crippen molar-refractivity contribution in [1.29, 1.82) is 0 Å². The van der Waals surface area contributed by atoms with Gasteiger partial charge in [-0.1, -0.05) is 85.8 Å². The fraction of sp³-hybridized carbons (Fsp3) is 0.333. The predicted octanol–water partition coefficient (Wildman–Crippen LogP) is 6.79. The molecule has 358 valence electrons. The number of fused-ring (bicyclic) bond motifs is 6. The van der Waals surface area contributed by atoms with Gasteiger partial charge in [0, 0.05) is 73.5 Å². The smallest absolute Gasteiger partial charge is 0.247 e. The van der Waals surface area contributed by atoms with E-state index in [9.17, 15) is 14.4 Å². The van der Waals surface area contributed by atoms with Gasteiger partial charge in [0.05, 0.1) is 29.9 Å². The molecule has 4 heterocycles. The van der Waals surface area contributed by atoms with Crippen molar-refractivity contribution in [2.75, 3.05) is 41.4 Å². The quantitative estimate of drug-likeness (QED) is 0.0341. The fourth-order valence-corrected chi connectivity index (χ4v) is 8.04. The summed E-state index contributed by atoms with van der Waals surface area (Å²) in [5, 5.41) is 18.7. The molecular formula is C51H59N13O5. The van der Waals surface area contributed by atoms with Crippen molar-refractivity contribution >= 4 is 51.9 Å². The molecule has 8 rings (SSSR count). The Morgan fingerprint density at radius 2 is 1.55 bits per heavy atom. The van der Waals surface area contributed by atoms with Gasteiger partial charge in [-0.3, -0.25) is 14.4 Å². The molecule has 0 unspecified atom stereocenters. The molecule has 4 aromatic carbocycles. The van der Waals surface area contributed by atoms with Crippen LogP contribution in [0.15, 0.2) is 103 Å². The highest BCUT2D eigenvalue weighted by Crippen LogP contribution is 2.41.